The van der Waals surface area contributed by atoms with Crippen LogP contribution >= 0.6 is 23.2 Å². The molecule has 4 nitrogen and oxygen atoms in total. The molecule has 0 saturated carbocycles. The Bertz CT molecular complexity index is 339. The monoisotopic (exact) mass is 249 g/mol. The number of ether oxygens (including phenoxy) is 1. The summed E-state index contributed by atoms with van der Waals surface area (Å²) in [5, 5.41) is 7.24. The van der Waals surface area contributed by atoms with Gasteiger partial charge in [-0.05, 0) is 23.4 Å². The number of aromatic nitrogens is 3. The van der Waals surface area contributed by atoms with Crippen LogP contribution in [0.3, 0.4) is 0 Å². The molecule has 6 heteroatoms. The summed E-state index contributed by atoms with van der Waals surface area (Å²) in [7, 11) is 0. The maximum Gasteiger partial charge on any atom is 0.256 e. The number of hydrogen-bond acceptors (Lipinski definition) is 4. The zero-order valence-electron chi connectivity index (χ0n) is 8.92. The van der Waals surface area contributed by atoms with Crippen molar-refractivity contribution in [3.05, 3.63) is 10.4 Å². The van der Waals surface area contributed by atoms with Crippen LogP contribution in [0.2, 0.25) is 10.4 Å². The van der Waals surface area contributed by atoms with Crippen molar-refractivity contribution < 1.29 is 4.74 Å². The Morgan fingerprint density at radius 1 is 1.20 bits per heavy atom. The normalized spacial score (nSPS) is 11.5. The molecule has 0 saturated heterocycles. The molecule has 0 fully saturated rings. The van der Waals surface area contributed by atoms with Gasteiger partial charge in [-0.1, -0.05) is 32.4 Å². The van der Waals surface area contributed by atoms with Crippen LogP contribution in [-0.2, 0) is 0 Å². The van der Waals surface area contributed by atoms with E-state index in [2.05, 4.69) is 36.0 Å². The first-order valence-electron chi connectivity index (χ1n) is 4.57. The minimum atomic E-state index is 0.0326. The lowest BCUT2D eigenvalue weighted by Crippen LogP contribution is -2.12. The fourth-order valence-electron chi connectivity index (χ4n) is 0.826. The van der Waals surface area contributed by atoms with Gasteiger partial charge in [0.1, 0.15) is 0 Å². The third kappa shape index (κ3) is 4.62. The molecule has 0 amide bonds. The van der Waals surface area contributed by atoms with Gasteiger partial charge in [0.25, 0.3) is 5.88 Å². The van der Waals surface area contributed by atoms with E-state index in [4.69, 9.17) is 27.9 Å². The van der Waals surface area contributed by atoms with Crippen LogP contribution in [0.5, 0.6) is 5.88 Å². The maximum absolute atomic E-state index is 5.73. The van der Waals surface area contributed by atoms with Gasteiger partial charge in [-0.3, -0.25) is 0 Å². The molecule has 0 bridgehead atoms. The van der Waals surface area contributed by atoms with E-state index < -0.39 is 0 Å². The van der Waals surface area contributed by atoms with E-state index >= 15 is 0 Å². The summed E-state index contributed by atoms with van der Waals surface area (Å²) in [6.07, 6.45) is 0.894. The SMILES string of the molecule is CC(C)(C)CCOc1nc(Cl)nnc1Cl. The van der Waals surface area contributed by atoms with Crippen molar-refractivity contribution >= 4 is 23.2 Å². The molecule has 0 unspecified atom stereocenters. The Balaban J connectivity index is 2.54. The molecule has 0 N–H and O–H groups in total. The molecular formula is C9H13Cl2N3O. The summed E-state index contributed by atoms with van der Waals surface area (Å²) in [5.41, 5.74) is 0.205. The Morgan fingerprint density at radius 2 is 1.87 bits per heavy atom. The summed E-state index contributed by atoms with van der Waals surface area (Å²) in [5.74, 6) is 0.237. The van der Waals surface area contributed by atoms with Crippen molar-refractivity contribution in [1.29, 1.82) is 0 Å². The summed E-state index contributed by atoms with van der Waals surface area (Å²) in [4.78, 5) is 3.83. The Hall–Kier alpha value is -0.610. The fourth-order valence-corrected chi connectivity index (χ4v) is 1.08. The first-order valence-corrected chi connectivity index (χ1v) is 5.32. The molecule has 0 aliphatic carbocycles. The van der Waals surface area contributed by atoms with Crippen molar-refractivity contribution in [3.63, 3.8) is 0 Å². The zero-order valence-corrected chi connectivity index (χ0v) is 10.4. The second kappa shape index (κ2) is 4.94. The fraction of sp³-hybridized carbons (Fsp3) is 0.667. The summed E-state index contributed by atoms with van der Waals surface area (Å²) >= 11 is 11.3. The predicted molar refractivity (Wildman–Crippen MR) is 59.4 cm³/mol. The van der Waals surface area contributed by atoms with Crippen molar-refractivity contribution in [1.82, 2.24) is 15.2 Å². The smallest absolute Gasteiger partial charge is 0.256 e. The molecule has 15 heavy (non-hydrogen) atoms. The van der Waals surface area contributed by atoms with Crippen LogP contribution in [-0.4, -0.2) is 21.8 Å². The van der Waals surface area contributed by atoms with E-state index in [-0.39, 0.29) is 21.7 Å². The van der Waals surface area contributed by atoms with Gasteiger partial charge in [-0.15, -0.1) is 10.2 Å². The summed E-state index contributed by atoms with van der Waals surface area (Å²) in [6.45, 7) is 6.91. The molecule has 0 aliphatic heterocycles. The largest absolute Gasteiger partial charge is 0.475 e. The van der Waals surface area contributed by atoms with E-state index in [1.807, 2.05) is 0 Å². The third-order valence-corrected chi connectivity index (χ3v) is 2.08. The number of rotatable bonds is 3. The van der Waals surface area contributed by atoms with Crippen LogP contribution in [0.1, 0.15) is 27.2 Å². The van der Waals surface area contributed by atoms with Gasteiger partial charge in [0.2, 0.25) is 10.4 Å². The highest BCUT2D eigenvalue weighted by atomic mass is 35.5. The number of hydrogen-bond donors (Lipinski definition) is 0. The molecule has 1 aromatic heterocycles. The highest BCUT2D eigenvalue weighted by Crippen LogP contribution is 2.22. The van der Waals surface area contributed by atoms with Crippen molar-refractivity contribution in [3.8, 4) is 5.88 Å². The lowest BCUT2D eigenvalue weighted by Gasteiger charge is -2.17. The van der Waals surface area contributed by atoms with Crippen molar-refractivity contribution in [2.24, 2.45) is 5.41 Å². The highest BCUT2D eigenvalue weighted by molar-refractivity contribution is 6.31. The maximum atomic E-state index is 5.73. The Kier molecular flexibility index (Phi) is 4.11. The van der Waals surface area contributed by atoms with Gasteiger partial charge in [-0.2, -0.15) is 4.98 Å². The van der Waals surface area contributed by atoms with E-state index in [9.17, 15) is 0 Å². The molecule has 0 aromatic carbocycles. The van der Waals surface area contributed by atoms with Gasteiger partial charge in [0.15, 0.2) is 0 Å². The average Bonchev–Trinajstić information content (AvgIpc) is 2.09. The second-order valence-corrected chi connectivity index (χ2v) is 5.03. The quantitative estimate of drug-likeness (QED) is 0.827. The first-order chi connectivity index (χ1) is 6.88. The minimum Gasteiger partial charge on any atom is -0.475 e. The van der Waals surface area contributed by atoms with Gasteiger partial charge in [0.05, 0.1) is 6.61 Å². The van der Waals surface area contributed by atoms with E-state index in [1.165, 1.54) is 0 Å². The molecule has 0 aliphatic rings. The molecule has 0 spiro atoms. The van der Waals surface area contributed by atoms with Crippen molar-refractivity contribution in [2.45, 2.75) is 27.2 Å². The van der Waals surface area contributed by atoms with Gasteiger partial charge >= 0.3 is 0 Å². The second-order valence-electron chi connectivity index (χ2n) is 4.34. The molecule has 1 aromatic rings. The van der Waals surface area contributed by atoms with E-state index in [0.717, 1.165) is 6.42 Å². The standard InChI is InChI=1S/C9H13Cl2N3O/c1-9(2,3)4-5-15-7-6(10)13-14-8(11)12-7/h4-5H2,1-3H3. The molecule has 0 radical (unpaired) electrons. The summed E-state index contributed by atoms with van der Waals surface area (Å²) < 4.78 is 5.36. The van der Waals surface area contributed by atoms with Crippen LogP contribution in [0.25, 0.3) is 0 Å². The average molecular weight is 250 g/mol. The highest BCUT2D eigenvalue weighted by Gasteiger charge is 2.12. The molecule has 1 heterocycles. The lowest BCUT2D eigenvalue weighted by molar-refractivity contribution is 0.235. The van der Waals surface area contributed by atoms with Gasteiger partial charge in [-0.25, -0.2) is 0 Å². The van der Waals surface area contributed by atoms with Crippen LogP contribution in [0, 0.1) is 5.41 Å². The first kappa shape index (κ1) is 12.5. The third-order valence-electron chi connectivity index (χ3n) is 1.68. The molecular weight excluding hydrogens is 237 g/mol. The predicted octanol–water partition coefficient (Wildman–Crippen LogP) is 2.99. The van der Waals surface area contributed by atoms with Crippen LogP contribution in [0.15, 0.2) is 0 Å². The van der Waals surface area contributed by atoms with E-state index in [0.29, 0.717) is 6.61 Å². The lowest BCUT2D eigenvalue weighted by atomic mass is 9.93. The summed E-state index contributed by atoms with van der Waals surface area (Å²) in [6, 6.07) is 0. The molecule has 0 atom stereocenters. The van der Waals surface area contributed by atoms with E-state index in [1.54, 1.807) is 0 Å². The zero-order chi connectivity index (χ0) is 11.5. The van der Waals surface area contributed by atoms with Gasteiger partial charge < -0.3 is 4.74 Å². The Labute approximate surface area is 99.0 Å². The molecule has 84 valence electrons. The number of halogens is 2. The van der Waals surface area contributed by atoms with Crippen molar-refractivity contribution in [2.75, 3.05) is 6.61 Å². The molecule has 1 rings (SSSR count). The number of nitrogens with zero attached hydrogens (tertiary/aromatic N) is 3. The minimum absolute atomic E-state index is 0.0326. The van der Waals surface area contributed by atoms with Gasteiger partial charge in [0, 0.05) is 0 Å². The Morgan fingerprint density at radius 3 is 2.47 bits per heavy atom. The van der Waals surface area contributed by atoms with Crippen LogP contribution < -0.4 is 4.74 Å². The van der Waals surface area contributed by atoms with Crippen LogP contribution in [0.4, 0.5) is 0 Å². The topological polar surface area (TPSA) is 47.9 Å².